The Morgan fingerprint density at radius 1 is 1.19 bits per heavy atom. The molecule has 0 fully saturated rings. The topological polar surface area (TPSA) is 64.8 Å². The standard InChI is InChI=1S/C14H21ClN2O4/c1-3-20-10-8-16(9-11-21-4-2)13-7-5-6-12(15)14(13)17(18)19/h5-7H,3-4,8-11H2,1-2H3. The fourth-order valence-corrected chi connectivity index (χ4v) is 2.17. The van der Waals surface area contributed by atoms with Gasteiger partial charge in [-0.15, -0.1) is 0 Å². The molecule has 0 aromatic heterocycles. The summed E-state index contributed by atoms with van der Waals surface area (Å²) in [5, 5.41) is 11.4. The normalized spacial score (nSPS) is 10.6. The molecular formula is C14H21ClN2O4. The van der Waals surface area contributed by atoms with Crippen LogP contribution >= 0.6 is 11.6 Å². The van der Waals surface area contributed by atoms with Gasteiger partial charge >= 0.3 is 5.69 Å². The number of para-hydroxylation sites is 1. The first-order valence-electron chi connectivity index (χ1n) is 6.95. The van der Waals surface area contributed by atoms with Crippen molar-refractivity contribution in [1.29, 1.82) is 0 Å². The predicted molar refractivity (Wildman–Crippen MR) is 83.3 cm³/mol. The van der Waals surface area contributed by atoms with Gasteiger partial charge < -0.3 is 14.4 Å². The molecule has 21 heavy (non-hydrogen) atoms. The summed E-state index contributed by atoms with van der Waals surface area (Å²) in [5.41, 5.74) is 0.416. The number of nitro benzene ring substituents is 1. The number of benzene rings is 1. The molecule has 0 unspecified atom stereocenters. The van der Waals surface area contributed by atoms with Crippen LogP contribution in [0.2, 0.25) is 5.02 Å². The summed E-state index contributed by atoms with van der Waals surface area (Å²) < 4.78 is 10.7. The van der Waals surface area contributed by atoms with Gasteiger partial charge in [-0.3, -0.25) is 10.1 Å². The third kappa shape index (κ3) is 5.49. The molecule has 1 aromatic rings. The number of nitrogens with zero attached hydrogens (tertiary/aromatic N) is 2. The van der Waals surface area contributed by atoms with Crippen molar-refractivity contribution in [3.05, 3.63) is 33.3 Å². The summed E-state index contributed by atoms with van der Waals surface area (Å²) in [6.07, 6.45) is 0. The van der Waals surface area contributed by atoms with Crippen LogP contribution in [0.4, 0.5) is 11.4 Å². The molecule has 1 aromatic carbocycles. The van der Waals surface area contributed by atoms with E-state index in [-0.39, 0.29) is 10.7 Å². The van der Waals surface area contributed by atoms with Crippen molar-refractivity contribution in [2.45, 2.75) is 13.8 Å². The van der Waals surface area contributed by atoms with Gasteiger partial charge in [0, 0.05) is 26.3 Å². The van der Waals surface area contributed by atoms with Crippen LogP contribution < -0.4 is 4.90 Å². The highest BCUT2D eigenvalue weighted by Crippen LogP contribution is 2.34. The molecule has 0 bridgehead atoms. The van der Waals surface area contributed by atoms with Crippen LogP contribution in [-0.4, -0.2) is 44.4 Å². The van der Waals surface area contributed by atoms with Crippen LogP contribution in [0.1, 0.15) is 13.8 Å². The van der Waals surface area contributed by atoms with E-state index in [2.05, 4.69) is 0 Å². The molecule has 0 aliphatic heterocycles. The molecule has 0 aliphatic carbocycles. The van der Waals surface area contributed by atoms with E-state index in [0.29, 0.717) is 45.2 Å². The Labute approximate surface area is 129 Å². The highest BCUT2D eigenvalue weighted by Gasteiger charge is 2.22. The average molecular weight is 317 g/mol. The number of halogens is 1. The lowest BCUT2D eigenvalue weighted by Crippen LogP contribution is -2.31. The number of ether oxygens (including phenoxy) is 2. The fraction of sp³-hybridized carbons (Fsp3) is 0.571. The second-order valence-electron chi connectivity index (χ2n) is 4.25. The number of hydrogen-bond donors (Lipinski definition) is 0. The first-order valence-corrected chi connectivity index (χ1v) is 7.32. The van der Waals surface area contributed by atoms with Gasteiger partial charge in [0.25, 0.3) is 0 Å². The van der Waals surface area contributed by atoms with Gasteiger partial charge in [0.2, 0.25) is 0 Å². The van der Waals surface area contributed by atoms with Crippen molar-refractivity contribution in [1.82, 2.24) is 0 Å². The minimum Gasteiger partial charge on any atom is -0.380 e. The van der Waals surface area contributed by atoms with Gasteiger partial charge in [-0.1, -0.05) is 17.7 Å². The Morgan fingerprint density at radius 3 is 2.24 bits per heavy atom. The van der Waals surface area contributed by atoms with Crippen molar-refractivity contribution in [2.75, 3.05) is 44.4 Å². The second kappa shape index (κ2) is 9.55. The Hall–Kier alpha value is -1.37. The maximum Gasteiger partial charge on any atom is 0.310 e. The highest BCUT2D eigenvalue weighted by atomic mass is 35.5. The van der Waals surface area contributed by atoms with Crippen molar-refractivity contribution in [2.24, 2.45) is 0 Å². The van der Waals surface area contributed by atoms with E-state index < -0.39 is 4.92 Å². The smallest absolute Gasteiger partial charge is 0.310 e. The maximum absolute atomic E-state index is 11.2. The Balaban J connectivity index is 2.95. The van der Waals surface area contributed by atoms with Crippen LogP contribution in [0.15, 0.2) is 18.2 Å². The van der Waals surface area contributed by atoms with E-state index >= 15 is 0 Å². The van der Waals surface area contributed by atoms with E-state index in [0.717, 1.165) is 0 Å². The zero-order chi connectivity index (χ0) is 15.7. The number of nitro groups is 1. The Morgan fingerprint density at radius 2 is 1.76 bits per heavy atom. The molecule has 7 heteroatoms. The number of rotatable bonds is 10. The molecule has 0 radical (unpaired) electrons. The summed E-state index contributed by atoms with van der Waals surface area (Å²) >= 11 is 5.96. The molecule has 0 spiro atoms. The van der Waals surface area contributed by atoms with Crippen molar-refractivity contribution in [3.8, 4) is 0 Å². The van der Waals surface area contributed by atoms with Gasteiger partial charge in [0.1, 0.15) is 10.7 Å². The predicted octanol–water partition coefficient (Wildman–Crippen LogP) is 3.13. The highest BCUT2D eigenvalue weighted by molar-refractivity contribution is 6.33. The number of hydrogen-bond acceptors (Lipinski definition) is 5. The maximum atomic E-state index is 11.2. The molecule has 1 rings (SSSR count). The van der Waals surface area contributed by atoms with Crippen molar-refractivity contribution >= 4 is 23.0 Å². The van der Waals surface area contributed by atoms with Gasteiger partial charge in [0.05, 0.1) is 18.1 Å². The third-order valence-electron chi connectivity index (χ3n) is 2.91. The molecule has 6 nitrogen and oxygen atoms in total. The van der Waals surface area contributed by atoms with Crippen molar-refractivity contribution < 1.29 is 14.4 Å². The quantitative estimate of drug-likeness (QED) is 0.377. The summed E-state index contributed by atoms with van der Waals surface area (Å²) in [5.74, 6) is 0. The van der Waals surface area contributed by atoms with Gasteiger partial charge in [-0.25, -0.2) is 0 Å². The van der Waals surface area contributed by atoms with Crippen LogP contribution in [0.3, 0.4) is 0 Å². The SMILES string of the molecule is CCOCCN(CCOCC)c1cccc(Cl)c1[N+](=O)[O-]. The molecule has 0 amide bonds. The first kappa shape index (κ1) is 17.7. The van der Waals surface area contributed by atoms with Crippen LogP contribution in [0, 0.1) is 10.1 Å². The van der Waals surface area contributed by atoms with E-state index in [4.69, 9.17) is 21.1 Å². The van der Waals surface area contributed by atoms with E-state index in [1.165, 1.54) is 6.07 Å². The van der Waals surface area contributed by atoms with Crippen LogP contribution in [0.25, 0.3) is 0 Å². The molecule has 0 saturated carbocycles. The number of anilines is 1. The second-order valence-corrected chi connectivity index (χ2v) is 4.65. The molecule has 0 aliphatic rings. The molecule has 118 valence electrons. The molecular weight excluding hydrogens is 296 g/mol. The van der Waals surface area contributed by atoms with Crippen LogP contribution in [0.5, 0.6) is 0 Å². The summed E-state index contributed by atoms with van der Waals surface area (Å²) in [6.45, 7) is 7.11. The Bertz CT molecular complexity index is 447. The lowest BCUT2D eigenvalue weighted by Gasteiger charge is -2.24. The van der Waals surface area contributed by atoms with Crippen molar-refractivity contribution in [3.63, 3.8) is 0 Å². The zero-order valence-corrected chi connectivity index (χ0v) is 13.1. The summed E-state index contributed by atoms with van der Waals surface area (Å²) in [7, 11) is 0. The third-order valence-corrected chi connectivity index (χ3v) is 3.21. The first-order chi connectivity index (χ1) is 10.1. The molecule has 0 atom stereocenters. The lowest BCUT2D eigenvalue weighted by atomic mass is 10.2. The summed E-state index contributed by atoms with van der Waals surface area (Å²) in [6, 6.07) is 4.92. The summed E-state index contributed by atoms with van der Waals surface area (Å²) in [4.78, 5) is 12.7. The van der Waals surface area contributed by atoms with E-state index in [9.17, 15) is 10.1 Å². The lowest BCUT2D eigenvalue weighted by molar-refractivity contribution is -0.384. The molecule has 0 heterocycles. The van der Waals surface area contributed by atoms with E-state index in [1.807, 2.05) is 18.7 Å². The molecule has 0 N–H and O–H groups in total. The van der Waals surface area contributed by atoms with Crippen LogP contribution in [-0.2, 0) is 9.47 Å². The monoisotopic (exact) mass is 316 g/mol. The largest absolute Gasteiger partial charge is 0.380 e. The van der Waals surface area contributed by atoms with Gasteiger partial charge in [-0.2, -0.15) is 0 Å². The van der Waals surface area contributed by atoms with E-state index in [1.54, 1.807) is 12.1 Å². The Kier molecular flexibility index (Phi) is 8.04. The zero-order valence-electron chi connectivity index (χ0n) is 12.4. The average Bonchev–Trinajstić information content (AvgIpc) is 2.45. The minimum absolute atomic E-state index is 0.0767. The van der Waals surface area contributed by atoms with Gasteiger partial charge in [0.15, 0.2) is 0 Å². The minimum atomic E-state index is -0.452. The fourth-order valence-electron chi connectivity index (χ4n) is 1.93. The molecule has 0 saturated heterocycles. The van der Waals surface area contributed by atoms with Gasteiger partial charge in [-0.05, 0) is 26.0 Å².